The lowest BCUT2D eigenvalue weighted by Gasteiger charge is -2.17. The van der Waals surface area contributed by atoms with Gasteiger partial charge in [-0.3, -0.25) is 4.98 Å². The molecule has 1 aromatic heterocycles. The summed E-state index contributed by atoms with van der Waals surface area (Å²) < 4.78 is 27.0. The molecule has 1 unspecified atom stereocenters. The molecule has 0 N–H and O–H groups in total. The number of aromatic nitrogens is 1. The monoisotopic (exact) mass is 314 g/mol. The Morgan fingerprint density at radius 3 is 2.64 bits per heavy atom. The second kappa shape index (κ2) is 6.02. The Labute approximate surface area is 131 Å². The number of rotatable bonds is 4. The van der Waals surface area contributed by atoms with Crippen LogP contribution >= 0.6 is 0 Å². The van der Waals surface area contributed by atoms with E-state index < -0.39 is 10.0 Å². The van der Waals surface area contributed by atoms with Crippen LogP contribution in [0.3, 0.4) is 0 Å². The lowest BCUT2D eigenvalue weighted by atomic mass is 10.0. The Bertz CT molecular complexity index is 755. The van der Waals surface area contributed by atoms with Gasteiger partial charge in [0.05, 0.1) is 4.90 Å². The molecular weight excluding hydrogens is 296 g/mol. The van der Waals surface area contributed by atoms with Crippen molar-refractivity contribution in [3.05, 3.63) is 66.5 Å². The fraction of sp³-hybridized carbons (Fsp3) is 0.235. The van der Waals surface area contributed by atoms with Crippen molar-refractivity contribution in [2.75, 3.05) is 13.1 Å². The van der Waals surface area contributed by atoms with E-state index in [1.165, 1.54) is 0 Å². The number of benzene rings is 1. The number of nitrogens with zero attached hydrogens (tertiary/aromatic N) is 2. The topological polar surface area (TPSA) is 50.3 Å². The van der Waals surface area contributed by atoms with Crippen molar-refractivity contribution in [3.63, 3.8) is 0 Å². The molecule has 0 saturated carbocycles. The van der Waals surface area contributed by atoms with E-state index >= 15 is 0 Å². The lowest BCUT2D eigenvalue weighted by Crippen LogP contribution is -2.28. The Morgan fingerprint density at radius 2 is 2.00 bits per heavy atom. The van der Waals surface area contributed by atoms with Gasteiger partial charge < -0.3 is 0 Å². The zero-order chi connectivity index (χ0) is 15.6. The van der Waals surface area contributed by atoms with Gasteiger partial charge in [0.2, 0.25) is 10.0 Å². The quantitative estimate of drug-likeness (QED) is 0.872. The van der Waals surface area contributed by atoms with Crippen molar-refractivity contribution in [1.29, 1.82) is 0 Å². The maximum absolute atomic E-state index is 12.7. The van der Waals surface area contributed by atoms with Crippen LogP contribution in [0.1, 0.15) is 23.5 Å². The van der Waals surface area contributed by atoms with Crippen LogP contribution in [0.25, 0.3) is 6.08 Å². The van der Waals surface area contributed by atoms with Crippen LogP contribution in [0.15, 0.2) is 60.3 Å². The molecule has 0 aliphatic carbocycles. The Balaban J connectivity index is 1.80. The normalized spacial score (nSPS) is 19.2. The number of hydrogen-bond acceptors (Lipinski definition) is 3. The van der Waals surface area contributed by atoms with Gasteiger partial charge in [-0.25, -0.2) is 8.42 Å². The highest BCUT2D eigenvalue weighted by Crippen LogP contribution is 2.30. The van der Waals surface area contributed by atoms with Crippen molar-refractivity contribution in [2.24, 2.45) is 0 Å². The first-order valence-electron chi connectivity index (χ1n) is 7.24. The van der Waals surface area contributed by atoms with Crippen LogP contribution in [0, 0.1) is 0 Å². The molecule has 1 atom stereocenters. The highest BCUT2D eigenvalue weighted by Gasteiger charge is 2.33. The smallest absolute Gasteiger partial charge is 0.243 e. The largest absolute Gasteiger partial charge is 0.264 e. The molecule has 5 heteroatoms. The lowest BCUT2D eigenvalue weighted by molar-refractivity contribution is 0.473. The molecule has 0 amide bonds. The molecule has 0 radical (unpaired) electrons. The predicted molar refractivity (Wildman–Crippen MR) is 86.9 cm³/mol. The fourth-order valence-electron chi connectivity index (χ4n) is 2.76. The standard InChI is InChI=1S/C17H18N2O2S/c1-2-14-5-7-17(8-6-14)22(20,21)19-11-9-16(13-19)15-4-3-10-18-12-15/h2-8,10,12,16H,1,9,11,13H2. The number of sulfonamides is 1. The molecular formula is C17H18N2O2S. The van der Waals surface area contributed by atoms with Gasteiger partial charge in [-0.15, -0.1) is 0 Å². The molecule has 4 nitrogen and oxygen atoms in total. The van der Waals surface area contributed by atoms with Crippen molar-refractivity contribution in [2.45, 2.75) is 17.2 Å². The first-order valence-corrected chi connectivity index (χ1v) is 8.68. The van der Waals surface area contributed by atoms with Crippen LogP contribution in [0.2, 0.25) is 0 Å². The molecule has 0 spiro atoms. The Morgan fingerprint density at radius 1 is 1.23 bits per heavy atom. The molecule has 2 aromatic rings. The summed E-state index contributed by atoms with van der Waals surface area (Å²) >= 11 is 0. The van der Waals surface area contributed by atoms with Crippen LogP contribution in [0.5, 0.6) is 0 Å². The van der Waals surface area contributed by atoms with E-state index in [2.05, 4.69) is 11.6 Å². The van der Waals surface area contributed by atoms with E-state index in [1.807, 2.05) is 18.3 Å². The number of pyridine rings is 1. The van der Waals surface area contributed by atoms with Crippen molar-refractivity contribution in [1.82, 2.24) is 9.29 Å². The van der Waals surface area contributed by atoms with E-state index in [-0.39, 0.29) is 5.92 Å². The molecule has 3 rings (SSSR count). The minimum absolute atomic E-state index is 0.218. The van der Waals surface area contributed by atoms with E-state index in [0.29, 0.717) is 18.0 Å². The van der Waals surface area contributed by atoms with Crippen molar-refractivity contribution >= 4 is 16.1 Å². The summed E-state index contributed by atoms with van der Waals surface area (Å²) in [4.78, 5) is 4.45. The zero-order valence-electron chi connectivity index (χ0n) is 12.2. The average Bonchev–Trinajstić information content (AvgIpc) is 3.06. The summed E-state index contributed by atoms with van der Waals surface area (Å²) in [7, 11) is -3.43. The summed E-state index contributed by atoms with van der Waals surface area (Å²) in [6, 6.07) is 10.7. The number of hydrogen-bond donors (Lipinski definition) is 0. The third-order valence-electron chi connectivity index (χ3n) is 4.06. The minimum atomic E-state index is -3.43. The Kier molecular flexibility index (Phi) is 4.09. The molecule has 1 aliphatic heterocycles. The maximum Gasteiger partial charge on any atom is 0.243 e. The van der Waals surface area contributed by atoms with Crippen LogP contribution in [-0.4, -0.2) is 30.8 Å². The molecule has 1 aliphatic rings. The fourth-order valence-corrected chi connectivity index (χ4v) is 4.26. The minimum Gasteiger partial charge on any atom is -0.264 e. The highest BCUT2D eigenvalue weighted by molar-refractivity contribution is 7.89. The van der Waals surface area contributed by atoms with Gasteiger partial charge in [-0.05, 0) is 35.7 Å². The van der Waals surface area contributed by atoms with E-state index in [0.717, 1.165) is 17.5 Å². The molecule has 114 valence electrons. The third kappa shape index (κ3) is 2.82. The molecule has 1 aromatic carbocycles. The van der Waals surface area contributed by atoms with Crippen LogP contribution in [-0.2, 0) is 10.0 Å². The molecule has 22 heavy (non-hydrogen) atoms. The summed E-state index contributed by atoms with van der Waals surface area (Å²) in [5, 5.41) is 0. The SMILES string of the molecule is C=Cc1ccc(S(=O)(=O)N2CCC(c3cccnc3)C2)cc1. The summed E-state index contributed by atoms with van der Waals surface area (Å²) in [6.45, 7) is 4.74. The van der Waals surface area contributed by atoms with E-state index in [9.17, 15) is 8.42 Å². The first-order chi connectivity index (χ1) is 10.6. The average molecular weight is 314 g/mol. The van der Waals surface area contributed by atoms with E-state index in [1.54, 1.807) is 40.8 Å². The maximum atomic E-state index is 12.7. The molecule has 1 fully saturated rings. The summed E-state index contributed by atoms with van der Waals surface area (Å²) in [5.74, 6) is 0.218. The second-order valence-corrected chi connectivity index (χ2v) is 7.35. The van der Waals surface area contributed by atoms with Gasteiger partial charge in [-0.1, -0.05) is 30.9 Å². The predicted octanol–water partition coefficient (Wildman–Crippen LogP) is 2.90. The second-order valence-electron chi connectivity index (χ2n) is 5.41. The van der Waals surface area contributed by atoms with Gasteiger partial charge in [0.15, 0.2) is 0 Å². The van der Waals surface area contributed by atoms with Gasteiger partial charge >= 0.3 is 0 Å². The van der Waals surface area contributed by atoms with Crippen LogP contribution < -0.4 is 0 Å². The zero-order valence-corrected chi connectivity index (χ0v) is 13.0. The summed E-state index contributed by atoms with van der Waals surface area (Å²) in [6.07, 6.45) is 6.08. The highest BCUT2D eigenvalue weighted by atomic mass is 32.2. The van der Waals surface area contributed by atoms with Gasteiger partial charge in [0.25, 0.3) is 0 Å². The van der Waals surface area contributed by atoms with Gasteiger partial charge in [0.1, 0.15) is 0 Å². The van der Waals surface area contributed by atoms with Crippen molar-refractivity contribution < 1.29 is 8.42 Å². The van der Waals surface area contributed by atoms with Crippen LogP contribution in [0.4, 0.5) is 0 Å². The third-order valence-corrected chi connectivity index (χ3v) is 5.94. The van der Waals surface area contributed by atoms with Gasteiger partial charge in [0, 0.05) is 31.4 Å². The molecule has 1 saturated heterocycles. The Hall–Kier alpha value is -1.98. The molecule has 2 heterocycles. The summed E-state index contributed by atoms with van der Waals surface area (Å²) in [5.41, 5.74) is 2.01. The van der Waals surface area contributed by atoms with Crippen molar-refractivity contribution in [3.8, 4) is 0 Å². The van der Waals surface area contributed by atoms with Gasteiger partial charge in [-0.2, -0.15) is 4.31 Å². The first kappa shape index (κ1) is 14.9. The van der Waals surface area contributed by atoms with E-state index in [4.69, 9.17) is 0 Å². The molecule has 0 bridgehead atoms.